The highest BCUT2D eigenvalue weighted by atomic mass is 16.2. The fourth-order valence-electron chi connectivity index (χ4n) is 2.10. The van der Waals surface area contributed by atoms with E-state index in [0.717, 1.165) is 19.5 Å². The molecule has 1 fully saturated rings. The monoisotopic (exact) mass is 237 g/mol. The second-order valence-corrected chi connectivity index (χ2v) is 4.96. The summed E-state index contributed by atoms with van der Waals surface area (Å²) in [7, 11) is 0. The zero-order valence-electron chi connectivity index (χ0n) is 10.1. The molecule has 94 valence electrons. The van der Waals surface area contributed by atoms with E-state index in [0.29, 0.717) is 6.54 Å². The molecule has 1 amide bonds. The average Bonchev–Trinajstić information content (AvgIpc) is 2.80. The number of hydrogen-bond acceptors (Lipinski definition) is 4. The summed E-state index contributed by atoms with van der Waals surface area (Å²) in [6.07, 6.45) is 5.31. The highest BCUT2D eigenvalue weighted by Crippen LogP contribution is 2.23. The molecule has 0 spiro atoms. The normalized spacial score (nSPS) is 24.5. The van der Waals surface area contributed by atoms with Gasteiger partial charge in [-0.1, -0.05) is 6.92 Å². The number of hydrogen-bond donors (Lipinski definition) is 2. The Kier molecular flexibility index (Phi) is 3.73. The molecule has 1 saturated heterocycles. The molecule has 1 unspecified atom stereocenters. The molecule has 2 rings (SSSR count). The molecule has 6 heteroatoms. The molecule has 1 aromatic rings. The van der Waals surface area contributed by atoms with Crippen molar-refractivity contribution in [2.24, 2.45) is 5.41 Å². The molecule has 0 aliphatic carbocycles. The first-order chi connectivity index (χ1) is 8.18. The van der Waals surface area contributed by atoms with Crippen molar-refractivity contribution in [1.29, 1.82) is 0 Å². The first kappa shape index (κ1) is 12.0. The number of carbonyl (C=O) groups is 1. The van der Waals surface area contributed by atoms with Gasteiger partial charge in [0.05, 0.1) is 0 Å². The minimum Gasteiger partial charge on any atom is -0.354 e. The van der Waals surface area contributed by atoms with E-state index >= 15 is 0 Å². The highest BCUT2D eigenvalue weighted by Gasteiger charge is 2.26. The van der Waals surface area contributed by atoms with Crippen LogP contribution in [0.5, 0.6) is 0 Å². The van der Waals surface area contributed by atoms with Gasteiger partial charge >= 0.3 is 0 Å². The van der Waals surface area contributed by atoms with Crippen molar-refractivity contribution >= 4 is 5.91 Å². The lowest BCUT2D eigenvalue weighted by molar-refractivity contribution is -0.122. The molecular weight excluding hydrogens is 218 g/mol. The third-order valence-corrected chi connectivity index (χ3v) is 3.17. The van der Waals surface area contributed by atoms with Gasteiger partial charge in [0, 0.05) is 13.1 Å². The first-order valence-electron chi connectivity index (χ1n) is 5.98. The van der Waals surface area contributed by atoms with Crippen molar-refractivity contribution < 1.29 is 4.79 Å². The van der Waals surface area contributed by atoms with Crippen LogP contribution in [0, 0.1) is 5.41 Å². The average molecular weight is 237 g/mol. The largest absolute Gasteiger partial charge is 0.354 e. The van der Waals surface area contributed by atoms with Gasteiger partial charge in [0.1, 0.15) is 19.2 Å². The number of nitrogens with zero attached hydrogens (tertiary/aromatic N) is 3. The molecule has 2 N–H and O–H groups in total. The van der Waals surface area contributed by atoms with Crippen molar-refractivity contribution in [2.45, 2.75) is 26.3 Å². The zero-order valence-corrected chi connectivity index (χ0v) is 10.1. The van der Waals surface area contributed by atoms with Crippen molar-refractivity contribution in [1.82, 2.24) is 25.4 Å². The summed E-state index contributed by atoms with van der Waals surface area (Å²) in [6.45, 7) is 5.21. The maximum atomic E-state index is 11.7. The quantitative estimate of drug-likeness (QED) is 0.759. The van der Waals surface area contributed by atoms with Crippen LogP contribution in [0.15, 0.2) is 12.7 Å². The predicted molar refractivity (Wildman–Crippen MR) is 63.2 cm³/mol. The number of carbonyl (C=O) groups excluding carboxylic acids is 1. The van der Waals surface area contributed by atoms with Gasteiger partial charge in [0.15, 0.2) is 0 Å². The van der Waals surface area contributed by atoms with Gasteiger partial charge in [-0.3, -0.25) is 4.79 Å². The second-order valence-electron chi connectivity index (χ2n) is 4.96. The molecule has 1 aromatic heterocycles. The molecule has 1 aliphatic heterocycles. The highest BCUT2D eigenvalue weighted by molar-refractivity contribution is 5.75. The molecule has 0 bridgehead atoms. The van der Waals surface area contributed by atoms with Crippen LogP contribution in [0.25, 0.3) is 0 Å². The van der Waals surface area contributed by atoms with Gasteiger partial charge in [0.2, 0.25) is 5.91 Å². The number of piperidine rings is 1. The minimum absolute atomic E-state index is 0.0118. The van der Waals surface area contributed by atoms with Crippen LogP contribution < -0.4 is 10.6 Å². The van der Waals surface area contributed by atoms with Gasteiger partial charge in [-0.2, -0.15) is 5.10 Å². The summed E-state index contributed by atoms with van der Waals surface area (Å²) >= 11 is 0. The fourth-order valence-corrected chi connectivity index (χ4v) is 2.10. The summed E-state index contributed by atoms with van der Waals surface area (Å²) in [6, 6.07) is 0. The maximum absolute atomic E-state index is 11.7. The zero-order chi connectivity index (χ0) is 12.1. The van der Waals surface area contributed by atoms with E-state index in [4.69, 9.17) is 0 Å². The lowest BCUT2D eigenvalue weighted by Crippen LogP contribution is -2.46. The molecular formula is C11H19N5O. The topological polar surface area (TPSA) is 71.8 Å². The van der Waals surface area contributed by atoms with E-state index in [1.165, 1.54) is 17.4 Å². The van der Waals surface area contributed by atoms with Crippen LogP contribution in [0.2, 0.25) is 0 Å². The standard InChI is InChI=1S/C11H19N5O/c1-11(3-2-4-12-6-11)7-14-10(17)5-16-9-13-8-15-16/h8-9,12H,2-7H2,1H3,(H,14,17). The molecule has 0 radical (unpaired) electrons. The van der Waals surface area contributed by atoms with E-state index in [2.05, 4.69) is 27.6 Å². The van der Waals surface area contributed by atoms with Gasteiger partial charge in [0.25, 0.3) is 0 Å². The molecule has 2 heterocycles. The van der Waals surface area contributed by atoms with E-state index in [9.17, 15) is 4.79 Å². The van der Waals surface area contributed by atoms with Crippen molar-refractivity contribution in [3.63, 3.8) is 0 Å². The van der Waals surface area contributed by atoms with Gasteiger partial charge in [-0.05, 0) is 24.8 Å². The van der Waals surface area contributed by atoms with Crippen molar-refractivity contribution in [3.8, 4) is 0 Å². The van der Waals surface area contributed by atoms with E-state index < -0.39 is 0 Å². The number of rotatable bonds is 4. The Labute approximate surface area is 101 Å². The van der Waals surface area contributed by atoms with Crippen LogP contribution >= 0.6 is 0 Å². The van der Waals surface area contributed by atoms with E-state index in [-0.39, 0.29) is 17.9 Å². The van der Waals surface area contributed by atoms with Crippen LogP contribution in [-0.2, 0) is 11.3 Å². The summed E-state index contributed by atoms with van der Waals surface area (Å²) in [5.41, 5.74) is 0.177. The Morgan fingerprint density at radius 2 is 2.53 bits per heavy atom. The Hall–Kier alpha value is -1.43. The molecule has 0 saturated carbocycles. The fraction of sp³-hybridized carbons (Fsp3) is 0.727. The third-order valence-electron chi connectivity index (χ3n) is 3.17. The van der Waals surface area contributed by atoms with Gasteiger partial charge in [-0.15, -0.1) is 0 Å². The number of amides is 1. The van der Waals surface area contributed by atoms with Crippen LogP contribution in [0.3, 0.4) is 0 Å². The Bertz CT molecular complexity index is 356. The molecule has 1 atom stereocenters. The number of aromatic nitrogens is 3. The maximum Gasteiger partial charge on any atom is 0.241 e. The second kappa shape index (κ2) is 5.27. The molecule has 1 aliphatic rings. The smallest absolute Gasteiger partial charge is 0.241 e. The van der Waals surface area contributed by atoms with Gasteiger partial charge in [-0.25, -0.2) is 9.67 Å². The summed E-state index contributed by atoms with van der Waals surface area (Å²) in [4.78, 5) is 15.5. The summed E-state index contributed by atoms with van der Waals surface area (Å²) < 4.78 is 1.52. The van der Waals surface area contributed by atoms with Crippen molar-refractivity contribution in [3.05, 3.63) is 12.7 Å². The van der Waals surface area contributed by atoms with Crippen LogP contribution in [0.1, 0.15) is 19.8 Å². The number of nitrogens with one attached hydrogen (secondary N) is 2. The predicted octanol–water partition coefficient (Wildman–Crippen LogP) is -0.216. The lowest BCUT2D eigenvalue weighted by atomic mass is 9.83. The SMILES string of the molecule is CC1(CNC(=O)Cn2cncn2)CCCNC1. The van der Waals surface area contributed by atoms with E-state index in [1.807, 2.05) is 0 Å². The first-order valence-corrected chi connectivity index (χ1v) is 5.98. The third kappa shape index (κ3) is 3.52. The van der Waals surface area contributed by atoms with Crippen molar-refractivity contribution in [2.75, 3.05) is 19.6 Å². The van der Waals surface area contributed by atoms with E-state index in [1.54, 1.807) is 6.33 Å². The summed E-state index contributed by atoms with van der Waals surface area (Å²) in [5, 5.41) is 10.2. The Balaban J connectivity index is 1.75. The summed E-state index contributed by atoms with van der Waals surface area (Å²) in [5.74, 6) is -0.0118. The molecule has 17 heavy (non-hydrogen) atoms. The van der Waals surface area contributed by atoms with Crippen LogP contribution in [0.4, 0.5) is 0 Å². The Morgan fingerprint density at radius 3 is 3.18 bits per heavy atom. The molecule has 6 nitrogen and oxygen atoms in total. The van der Waals surface area contributed by atoms with Gasteiger partial charge < -0.3 is 10.6 Å². The minimum atomic E-state index is -0.0118. The lowest BCUT2D eigenvalue weighted by Gasteiger charge is -2.34. The molecule has 0 aromatic carbocycles. The van der Waals surface area contributed by atoms with Crippen LogP contribution in [-0.4, -0.2) is 40.3 Å². The Morgan fingerprint density at radius 1 is 1.65 bits per heavy atom.